The first kappa shape index (κ1) is 11.7. The predicted octanol–water partition coefficient (Wildman–Crippen LogP) is 3.52. The summed E-state index contributed by atoms with van der Waals surface area (Å²) in [5, 5.41) is 2.07. The minimum Gasteiger partial charge on any atom is -0.340 e. The van der Waals surface area contributed by atoms with Crippen LogP contribution in [0.5, 0.6) is 0 Å². The molecule has 92 valence electrons. The normalized spacial score (nSPS) is 30.1. The number of carbonyl (C=O) groups is 1. The minimum absolute atomic E-state index is 0.358. The largest absolute Gasteiger partial charge is 0.340 e. The number of thiophene rings is 1. The third kappa shape index (κ3) is 2.17. The van der Waals surface area contributed by atoms with Gasteiger partial charge < -0.3 is 4.90 Å². The highest BCUT2D eigenvalue weighted by molar-refractivity contribution is 9.10. The Morgan fingerprint density at radius 3 is 2.82 bits per heavy atom. The Bertz CT molecular complexity index is 434. The molecule has 17 heavy (non-hydrogen) atoms. The van der Waals surface area contributed by atoms with E-state index in [1.165, 1.54) is 24.1 Å². The second-order valence-electron chi connectivity index (χ2n) is 5.21. The summed E-state index contributed by atoms with van der Waals surface area (Å²) >= 11 is 5.15. The molecule has 2 saturated carbocycles. The highest BCUT2D eigenvalue weighted by atomic mass is 79.9. The van der Waals surface area contributed by atoms with E-state index in [4.69, 9.17) is 0 Å². The van der Waals surface area contributed by atoms with Crippen LogP contribution in [0, 0.1) is 17.8 Å². The molecule has 4 heteroatoms. The number of fused-ring (bicyclic) bond motifs is 1. The molecule has 1 aromatic heterocycles. The van der Waals surface area contributed by atoms with E-state index in [9.17, 15) is 4.79 Å². The van der Waals surface area contributed by atoms with E-state index in [-0.39, 0.29) is 0 Å². The van der Waals surface area contributed by atoms with Gasteiger partial charge in [-0.1, -0.05) is 6.42 Å². The summed E-state index contributed by atoms with van der Waals surface area (Å²) in [4.78, 5) is 15.4. The van der Waals surface area contributed by atoms with Gasteiger partial charge in [0.2, 0.25) is 5.91 Å². The van der Waals surface area contributed by atoms with Gasteiger partial charge in [0.25, 0.3) is 0 Å². The minimum atomic E-state index is 0.358. The van der Waals surface area contributed by atoms with Crippen LogP contribution in [0.25, 0.3) is 0 Å². The molecule has 0 N–H and O–H groups in total. The van der Waals surface area contributed by atoms with Gasteiger partial charge in [0.05, 0.1) is 6.54 Å². The molecular formula is C13H16BrNOS. The van der Waals surface area contributed by atoms with Gasteiger partial charge in [-0.25, -0.2) is 0 Å². The van der Waals surface area contributed by atoms with Crippen molar-refractivity contribution in [1.82, 2.24) is 4.90 Å². The Morgan fingerprint density at radius 1 is 1.53 bits per heavy atom. The highest BCUT2D eigenvalue weighted by Gasteiger charge is 2.57. The summed E-state index contributed by atoms with van der Waals surface area (Å²) in [7, 11) is 1.93. The van der Waals surface area contributed by atoms with Crippen molar-refractivity contribution in [3.05, 3.63) is 20.8 Å². The van der Waals surface area contributed by atoms with Crippen molar-refractivity contribution in [2.24, 2.45) is 17.8 Å². The molecule has 1 heterocycles. The predicted molar refractivity (Wildman–Crippen MR) is 72.8 cm³/mol. The molecule has 3 rings (SSSR count). The van der Waals surface area contributed by atoms with Crippen molar-refractivity contribution in [3.63, 3.8) is 0 Å². The molecule has 2 atom stereocenters. The van der Waals surface area contributed by atoms with Crippen LogP contribution in [-0.2, 0) is 11.3 Å². The van der Waals surface area contributed by atoms with Gasteiger partial charge in [-0.3, -0.25) is 4.79 Å². The Kier molecular flexibility index (Phi) is 3.03. The number of carbonyl (C=O) groups excluding carboxylic acids is 1. The number of halogens is 1. The molecule has 0 spiro atoms. The zero-order valence-corrected chi connectivity index (χ0v) is 12.3. The molecular weight excluding hydrogens is 298 g/mol. The van der Waals surface area contributed by atoms with Crippen LogP contribution in [0.1, 0.15) is 24.1 Å². The maximum absolute atomic E-state index is 12.2. The number of hydrogen-bond donors (Lipinski definition) is 0. The zero-order chi connectivity index (χ0) is 12.0. The van der Waals surface area contributed by atoms with Crippen molar-refractivity contribution >= 4 is 33.2 Å². The number of hydrogen-bond acceptors (Lipinski definition) is 2. The lowest BCUT2D eigenvalue weighted by molar-refractivity contribution is -0.132. The van der Waals surface area contributed by atoms with Crippen LogP contribution in [0.15, 0.2) is 15.9 Å². The van der Waals surface area contributed by atoms with Crippen molar-refractivity contribution in [2.45, 2.75) is 25.8 Å². The summed E-state index contributed by atoms with van der Waals surface area (Å²) in [5.41, 5.74) is 0. The van der Waals surface area contributed by atoms with Gasteiger partial charge in [-0.05, 0) is 46.7 Å². The van der Waals surface area contributed by atoms with Crippen molar-refractivity contribution in [2.75, 3.05) is 7.05 Å². The Hall–Kier alpha value is -0.350. The van der Waals surface area contributed by atoms with Crippen molar-refractivity contribution in [1.29, 1.82) is 0 Å². The van der Waals surface area contributed by atoms with Crippen LogP contribution in [-0.4, -0.2) is 17.9 Å². The first-order valence-electron chi connectivity index (χ1n) is 6.14. The first-order valence-corrected chi connectivity index (χ1v) is 7.82. The summed E-state index contributed by atoms with van der Waals surface area (Å²) in [6.07, 6.45) is 3.89. The molecule has 2 unspecified atom stereocenters. The van der Waals surface area contributed by atoms with E-state index in [2.05, 4.69) is 27.4 Å². The van der Waals surface area contributed by atoms with Crippen LogP contribution >= 0.6 is 27.3 Å². The van der Waals surface area contributed by atoms with Gasteiger partial charge in [0, 0.05) is 27.7 Å². The Labute approximate surface area is 114 Å². The van der Waals surface area contributed by atoms with E-state index >= 15 is 0 Å². The summed E-state index contributed by atoms with van der Waals surface area (Å²) in [6.45, 7) is 0.755. The lowest BCUT2D eigenvalue weighted by Crippen LogP contribution is -2.28. The Balaban J connectivity index is 1.59. The average molecular weight is 314 g/mol. The second kappa shape index (κ2) is 4.39. The van der Waals surface area contributed by atoms with E-state index in [1.54, 1.807) is 11.3 Å². The summed E-state index contributed by atoms with van der Waals surface area (Å²) in [6, 6.07) is 2.10. The van der Waals surface area contributed by atoms with Crippen LogP contribution in [0.3, 0.4) is 0 Å². The van der Waals surface area contributed by atoms with Crippen molar-refractivity contribution < 1.29 is 4.79 Å². The quantitative estimate of drug-likeness (QED) is 0.836. The maximum Gasteiger partial charge on any atom is 0.226 e. The fourth-order valence-corrected chi connectivity index (χ4v) is 4.69. The SMILES string of the molecule is CN(Cc1cc(Br)cs1)C(=O)C1C2CCCC21. The van der Waals surface area contributed by atoms with Crippen molar-refractivity contribution in [3.8, 4) is 0 Å². The number of rotatable bonds is 3. The van der Waals surface area contributed by atoms with E-state index in [1.807, 2.05) is 11.9 Å². The lowest BCUT2D eigenvalue weighted by Gasteiger charge is -2.17. The molecule has 1 amide bonds. The molecule has 2 fully saturated rings. The molecule has 2 aliphatic rings. The molecule has 0 radical (unpaired) electrons. The van der Waals surface area contributed by atoms with Gasteiger partial charge >= 0.3 is 0 Å². The summed E-state index contributed by atoms with van der Waals surface area (Å²) < 4.78 is 1.11. The standard InChI is InChI=1S/C13H16BrNOS/c1-15(6-9-5-8(14)7-17-9)13(16)12-10-3-2-4-11(10)12/h5,7,10-12H,2-4,6H2,1H3. The lowest BCUT2D eigenvalue weighted by atomic mass is 10.1. The molecule has 0 aromatic carbocycles. The average Bonchev–Trinajstić information content (AvgIpc) is 2.68. The molecule has 2 nitrogen and oxygen atoms in total. The Morgan fingerprint density at radius 2 is 2.24 bits per heavy atom. The van der Waals surface area contributed by atoms with Gasteiger partial charge in [0.15, 0.2) is 0 Å². The van der Waals surface area contributed by atoms with Gasteiger partial charge in [-0.15, -0.1) is 11.3 Å². The molecule has 0 bridgehead atoms. The summed E-state index contributed by atoms with van der Waals surface area (Å²) in [5.74, 6) is 2.17. The molecule has 1 aromatic rings. The fourth-order valence-electron chi connectivity index (χ4n) is 3.19. The second-order valence-corrected chi connectivity index (χ2v) is 7.12. The van der Waals surface area contributed by atoms with E-state index in [0.717, 1.165) is 22.9 Å². The smallest absolute Gasteiger partial charge is 0.226 e. The highest BCUT2D eigenvalue weighted by Crippen LogP contribution is 2.58. The third-order valence-electron chi connectivity index (χ3n) is 4.08. The van der Waals surface area contributed by atoms with E-state index < -0.39 is 0 Å². The number of amides is 1. The first-order chi connectivity index (χ1) is 8.16. The molecule has 0 aliphatic heterocycles. The third-order valence-corrected chi connectivity index (χ3v) is 5.77. The van der Waals surface area contributed by atoms with Crippen LogP contribution < -0.4 is 0 Å². The van der Waals surface area contributed by atoms with Gasteiger partial charge in [0.1, 0.15) is 0 Å². The zero-order valence-electron chi connectivity index (χ0n) is 9.86. The van der Waals surface area contributed by atoms with Crippen LogP contribution in [0.2, 0.25) is 0 Å². The fraction of sp³-hybridized carbons (Fsp3) is 0.615. The number of nitrogens with zero attached hydrogens (tertiary/aromatic N) is 1. The molecule has 0 saturated heterocycles. The van der Waals surface area contributed by atoms with E-state index in [0.29, 0.717) is 11.8 Å². The monoisotopic (exact) mass is 313 g/mol. The molecule has 2 aliphatic carbocycles. The van der Waals surface area contributed by atoms with Gasteiger partial charge in [-0.2, -0.15) is 0 Å². The maximum atomic E-state index is 12.2. The van der Waals surface area contributed by atoms with Crippen LogP contribution in [0.4, 0.5) is 0 Å². The topological polar surface area (TPSA) is 20.3 Å².